The van der Waals surface area contributed by atoms with Crippen LogP contribution in [0.15, 0.2) is 51.9 Å². The van der Waals surface area contributed by atoms with E-state index < -0.39 is 0 Å². The van der Waals surface area contributed by atoms with Crippen LogP contribution in [0.2, 0.25) is 0 Å². The van der Waals surface area contributed by atoms with Gasteiger partial charge in [0.25, 0.3) is 11.5 Å². The summed E-state index contributed by atoms with van der Waals surface area (Å²) in [4.78, 5) is 28.6. The van der Waals surface area contributed by atoms with Crippen molar-refractivity contribution in [3.05, 3.63) is 69.9 Å². The van der Waals surface area contributed by atoms with Crippen molar-refractivity contribution in [2.45, 2.75) is 13.5 Å². The van der Waals surface area contributed by atoms with Crippen molar-refractivity contribution in [2.24, 2.45) is 0 Å². The second kappa shape index (κ2) is 5.52. The van der Waals surface area contributed by atoms with Crippen LogP contribution in [0, 0.1) is 6.92 Å². The standard InChI is InChI=1S/C17H16N2O3/c1-11-5-6-12-9-13(16(20)18-14(12)8-11)10-19(2)17(21)15-4-3-7-22-15/h3-9H,10H2,1-2H3,(H,18,20). The Morgan fingerprint density at radius 3 is 2.82 bits per heavy atom. The number of hydrogen-bond acceptors (Lipinski definition) is 3. The molecule has 0 aliphatic carbocycles. The molecule has 0 bridgehead atoms. The molecule has 0 fully saturated rings. The van der Waals surface area contributed by atoms with Crippen LogP contribution in [-0.4, -0.2) is 22.8 Å². The summed E-state index contributed by atoms with van der Waals surface area (Å²) in [7, 11) is 1.64. The SMILES string of the molecule is Cc1ccc2cc(CN(C)C(=O)c3ccco3)c(=O)[nH]c2c1. The molecule has 3 rings (SSSR count). The van der Waals surface area contributed by atoms with Crippen LogP contribution >= 0.6 is 0 Å². The van der Waals surface area contributed by atoms with Gasteiger partial charge in [0, 0.05) is 18.1 Å². The fraction of sp³-hybridized carbons (Fsp3) is 0.176. The molecule has 5 nitrogen and oxygen atoms in total. The smallest absolute Gasteiger partial charge is 0.289 e. The molecule has 1 aromatic carbocycles. The fourth-order valence-electron chi connectivity index (χ4n) is 2.39. The van der Waals surface area contributed by atoms with Crippen LogP contribution in [0.5, 0.6) is 0 Å². The molecule has 0 unspecified atom stereocenters. The minimum absolute atomic E-state index is 0.183. The molecule has 0 radical (unpaired) electrons. The van der Waals surface area contributed by atoms with Gasteiger partial charge in [0.1, 0.15) is 0 Å². The van der Waals surface area contributed by atoms with E-state index in [2.05, 4.69) is 4.98 Å². The van der Waals surface area contributed by atoms with E-state index in [0.29, 0.717) is 5.56 Å². The van der Waals surface area contributed by atoms with Gasteiger partial charge in [-0.2, -0.15) is 0 Å². The van der Waals surface area contributed by atoms with Crippen LogP contribution < -0.4 is 5.56 Å². The van der Waals surface area contributed by atoms with Gasteiger partial charge in [-0.05, 0) is 42.1 Å². The van der Waals surface area contributed by atoms with Crippen LogP contribution in [0.3, 0.4) is 0 Å². The Kier molecular flexibility index (Phi) is 3.55. The summed E-state index contributed by atoms with van der Waals surface area (Å²) in [5.74, 6) is 0.00347. The molecule has 0 aliphatic rings. The molecule has 0 spiro atoms. The minimum Gasteiger partial charge on any atom is -0.459 e. The third-order valence-corrected chi connectivity index (χ3v) is 3.56. The van der Waals surface area contributed by atoms with Crippen LogP contribution in [0.1, 0.15) is 21.7 Å². The summed E-state index contributed by atoms with van der Waals surface area (Å²) in [6.07, 6.45) is 1.45. The molecule has 2 heterocycles. The molecule has 0 aliphatic heterocycles. The lowest BCUT2D eigenvalue weighted by Gasteiger charge is -2.15. The molecule has 112 valence electrons. The van der Waals surface area contributed by atoms with E-state index in [-0.39, 0.29) is 23.8 Å². The first-order valence-electron chi connectivity index (χ1n) is 6.96. The number of amides is 1. The number of furan rings is 1. The summed E-state index contributed by atoms with van der Waals surface area (Å²) in [6, 6.07) is 11.0. The highest BCUT2D eigenvalue weighted by atomic mass is 16.3. The number of carbonyl (C=O) groups excluding carboxylic acids is 1. The first kappa shape index (κ1) is 14.1. The van der Waals surface area contributed by atoms with Gasteiger partial charge in [-0.25, -0.2) is 0 Å². The van der Waals surface area contributed by atoms with Crippen LogP contribution in [-0.2, 0) is 6.54 Å². The number of aryl methyl sites for hydroxylation is 1. The molecule has 0 atom stereocenters. The molecule has 5 heteroatoms. The van der Waals surface area contributed by atoms with E-state index in [1.807, 2.05) is 31.2 Å². The van der Waals surface area contributed by atoms with Crippen molar-refractivity contribution >= 4 is 16.8 Å². The largest absolute Gasteiger partial charge is 0.459 e. The Bertz CT molecular complexity index is 879. The van der Waals surface area contributed by atoms with Crippen molar-refractivity contribution in [1.82, 2.24) is 9.88 Å². The van der Waals surface area contributed by atoms with Gasteiger partial charge in [-0.3, -0.25) is 9.59 Å². The Balaban J connectivity index is 1.90. The summed E-state index contributed by atoms with van der Waals surface area (Å²) in [6.45, 7) is 2.19. The predicted octanol–water partition coefficient (Wildman–Crippen LogP) is 2.70. The molecular formula is C17H16N2O3. The van der Waals surface area contributed by atoms with Gasteiger partial charge < -0.3 is 14.3 Å². The number of rotatable bonds is 3. The average molecular weight is 296 g/mol. The summed E-state index contributed by atoms with van der Waals surface area (Å²) >= 11 is 0. The first-order valence-corrected chi connectivity index (χ1v) is 6.96. The van der Waals surface area contributed by atoms with Gasteiger partial charge in [0.15, 0.2) is 5.76 Å². The first-order chi connectivity index (χ1) is 10.5. The number of hydrogen-bond donors (Lipinski definition) is 1. The number of H-pyrrole nitrogens is 1. The number of nitrogens with one attached hydrogen (secondary N) is 1. The third kappa shape index (κ3) is 2.65. The van der Waals surface area contributed by atoms with E-state index in [4.69, 9.17) is 4.42 Å². The summed E-state index contributed by atoms with van der Waals surface area (Å²) in [5.41, 5.74) is 2.24. The van der Waals surface area contributed by atoms with Gasteiger partial charge in [0.2, 0.25) is 0 Å². The normalized spacial score (nSPS) is 10.8. The highest BCUT2D eigenvalue weighted by molar-refractivity contribution is 5.91. The predicted molar refractivity (Wildman–Crippen MR) is 83.8 cm³/mol. The Morgan fingerprint density at radius 1 is 1.27 bits per heavy atom. The molecule has 0 saturated heterocycles. The average Bonchev–Trinajstić information content (AvgIpc) is 3.01. The second-order valence-corrected chi connectivity index (χ2v) is 5.35. The number of aromatic amines is 1. The minimum atomic E-state index is -0.256. The second-order valence-electron chi connectivity index (χ2n) is 5.35. The van der Waals surface area contributed by atoms with Gasteiger partial charge >= 0.3 is 0 Å². The highest BCUT2D eigenvalue weighted by Gasteiger charge is 2.16. The molecule has 1 amide bonds. The van der Waals surface area contributed by atoms with Gasteiger partial charge in [-0.15, -0.1) is 0 Å². The highest BCUT2D eigenvalue weighted by Crippen LogP contribution is 2.14. The number of pyridine rings is 1. The summed E-state index contributed by atoms with van der Waals surface area (Å²) in [5, 5.41) is 0.944. The van der Waals surface area contributed by atoms with Crippen molar-refractivity contribution < 1.29 is 9.21 Å². The summed E-state index contributed by atoms with van der Waals surface area (Å²) < 4.78 is 5.09. The van der Waals surface area contributed by atoms with Crippen LogP contribution in [0.25, 0.3) is 10.9 Å². The maximum Gasteiger partial charge on any atom is 0.289 e. The molecule has 0 saturated carbocycles. The monoisotopic (exact) mass is 296 g/mol. The van der Waals surface area contributed by atoms with E-state index in [1.54, 1.807) is 19.2 Å². The molecule has 1 N–H and O–H groups in total. The topological polar surface area (TPSA) is 66.3 Å². The lowest BCUT2D eigenvalue weighted by Crippen LogP contribution is -2.29. The van der Waals surface area contributed by atoms with E-state index in [9.17, 15) is 9.59 Å². The van der Waals surface area contributed by atoms with Gasteiger partial charge in [-0.1, -0.05) is 12.1 Å². The zero-order chi connectivity index (χ0) is 15.7. The van der Waals surface area contributed by atoms with Gasteiger partial charge in [0.05, 0.1) is 12.8 Å². The fourth-order valence-corrected chi connectivity index (χ4v) is 2.39. The maximum absolute atomic E-state index is 12.2. The zero-order valence-electron chi connectivity index (χ0n) is 12.4. The Hall–Kier alpha value is -2.82. The third-order valence-electron chi connectivity index (χ3n) is 3.56. The number of carbonyl (C=O) groups is 1. The quantitative estimate of drug-likeness (QED) is 0.808. The lowest BCUT2D eigenvalue weighted by molar-refractivity contribution is 0.0753. The van der Waals surface area contributed by atoms with Crippen molar-refractivity contribution in [1.29, 1.82) is 0 Å². The number of benzene rings is 1. The lowest BCUT2D eigenvalue weighted by atomic mass is 10.1. The van der Waals surface area contributed by atoms with Crippen molar-refractivity contribution in [3.63, 3.8) is 0 Å². The van der Waals surface area contributed by atoms with E-state index in [1.165, 1.54) is 11.2 Å². The Labute approximate surface area is 127 Å². The van der Waals surface area contributed by atoms with E-state index in [0.717, 1.165) is 16.5 Å². The Morgan fingerprint density at radius 2 is 2.09 bits per heavy atom. The molecule has 22 heavy (non-hydrogen) atoms. The molecular weight excluding hydrogens is 280 g/mol. The molecule has 3 aromatic rings. The molecule has 2 aromatic heterocycles. The van der Waals surface area contributed by atoms with E-state index >= 15 is 0 Å². The van der Waals surface area contributed by atoms with Crippen LogP contribution in [0.4, 0.5) is 0 Å². The zero-order valence-corrected chi connectivity index (χ0v) is 12.4. The number of fused-ring (bicyclic) bond motifs is 1. The van der Waals surface area contributed by atoms with Crippen molar-refractivity contribution in [3.8, 4) is 0 Å². The number of nitrogens with zero attached hydrogens (tertiary/aromatic N) is 1. The van der Waals surface area contributed by atoms with Crippen molar-refractivity contribution in [2.75, 3.05) is 7.05 Å². The maximum atomic E-state index is 12.2. The number of aromatic nitrogens is 1.